The largest absolute Gasteiger partial charge is 0.481 e. The van der Waals surface area contributed by atoms with Crippen molar-refractivity contribution in [2.75, 3.05) is 0 Å². The number of carbonyl (C=O) groups is 1. The Balaban J connectivity index is 2.24. The summed E-state index contributed by atoms with van der Waals surface area (Å²) in [5, 5.41) is 10.8. The molecular formula is C18H13FO2. The molecule has 1 N–H and O–H groups in total. The van der Waals surface area contributed by atoms with Gasteiger partial charge in [0.15, 0.2) is 0 Å². The van der Waals surface area contributed by atoms with Gasteiger partial charge in [-0.25, -0.2) is 4.39 Å². The van der Waals surface area contributed by atoms with E-state index in [1.807, 2.05) is 36.4 Å². The van der Waals surface area contributed by atoms with Gasteiger partial charge in [0, 0.05) is 0 Å². The number of carboxylic acids is 1. The van der Waals surface area contributed by atoms with Crippen LogP contribution in [0.1, 0.15) is 5.56 Å². The second-order valence-corrected chi connectivity index (χ2v) is 4.90. The van der Waals surface area contributed by atoms with Crippen LogP contribution in [0.4, 0.5) is 4.39 Å². The van der Waals surface area contributed by atoms with Crippen LogP contribution >= 0.6 is 0 Å². The Kier molecular flexibility index (Phi) is 3.40. The molecule has 0 spiro atoms. The number of aliphatic carboxylic acids is 1. The maximum absolute atomic E-state index is 13.4. The Morgan fingerprint density at radius 1 is 0.952 bits per heavy atom. The molecule has 2 nitrogen and oxygen atoms in total. The van der Waals surface area contributed by atoms with E-state index < -0.39 is 5.97 Å². The Morgan fingerprint density at radius 3 is 2.43 bits per heavy atom. The predicted octanol–water partition coefficient (Wildman–Crippen LogP) is 4.27. The monoisotopic (exact) mass is 280 g/mol. The Hall–Kier alpha value is -2.68. The molecule has 0 aromatic heterocycles. The van der Waals surface area contributed by atoms with Gasteiger partial charge in [-0.1, -0.05) is 48.5 Å². The van der Waals surface area contributed by atoms with E-state index in [9.17, 15) is 9.18 Å². The summed E-state index contributed by atoms with van der Waals surface area (Å²) in [4.78, 5) is 11.0. The van der Waals surface area contributed by atoms with Crippen LogP contribution < -0.4 is 0 Å². The Morgan fingerprint density at radius 2 is 1.71 bits per heavy atom. The minimum atomic E-state index is -0.862. The summed E-state index contributed by atoms with van der Waals surface area (Å²) in [5.74, 6) is -1.15. The number of carboxylic acid groups (broad SMARTS) is 1. The second kappa shape index (κ2) is 5.37. The predicted molar refractivity (Wildman–Crippen MR) is 80.7 cm³/mol. The smallest absolute Gasteiger partial charge is 0.307 e. The number of benzene rings is 3. The number of fused-ring (bicyclic) bond motifs is 1. The minimum absolute atomic E-state index is 0.0239. The molecule has 0 aliphatic carbocycles. The second-order valence-electron chi connectivity index (χ2n) is 4.90. The lowest BCUT2D eigenvalue weighted by Gasteiger charge is -2.10. The zero-order valence-electron chi connectivity index (χ0n) is 11.2. The zero-order chi connectivity index (χ0) is 14.8. The van der Waals surface area contributed by atoms with Crippen molar-refractivity contribution >= 4 is 16.7 Å². The molecule has 0 amide bonds. The molecule has 0 aliphatic heterocycles. The molecule has 0 heterocycles. The lowest BCUT2D eigenvalue weighted by atomic mass is 9.94. The number of rotatable bonds is 3. The lowest BCUT2D eigenvalue weighted by molar-refractivity contribution is -0.136. The molecule has 3 rings (SSSR count). The van der Waals surface area contributed by atoms with Gasteiger partial charge in [-0.05, 0) is 39.6 Å². The highest BCUT2D eigenvalue weighted by atomic mass is 19.1. The van der Waals surface area contributed by atoms with E-state index in [0.29, 0.717) is 0 Å². The van der Waals surface area contributed by atoms with Crippen molar-refractivity contribution in [3.63, 3.8) is 0 Å². The van der Waals surface area contributed by atoms with Crippen molar-refractivity contribution in [2.45, 2.75) is 6.42 Å². The molecule has 3 aromatic carbocycles. The van der Waals surface area contributed by atoms with Crippen LogP contribution in [0.25, 0.3) is 21.9 Å². The van der Waals surface area contributed by atoms with Crippen LogP contribution in [0.5, 0.6) is 0 Å². The summed E-state index contributed by atoms with van der Waals surface area (Å²) in [6.07, 6.45) is -0.0239. The lowest BCUT2D eigenvalue weighted by Crippen LogP contribution is -2.01. The average molecular weight is 280 g/mol. The van der Waals surface area contributed by atoms with Crippen molar-refractivity contribution < 1.29 is 14.3 Å². The van der Waals surface area contributed by atoms with E-state index in [4.69, 9.17) is 5.11 Å². The molecule has 104 valence electrons. The third kappa shape index (κ3) is 2.63. The number of hydrogen-bond donors (Lipinski definition) is 1. The van der Waals surface area contributed by atoms with E-state index in [-0.39, 0.29) is 12.2 Å². The van der Waals surface area contributed by atoms with Crippen LogP contribution in [0.3, 0.4) is 0 Å². The van der Waals surface area contributed by atoms with E-state index in [2.05, 4.69) is 0 Å². The van der Waals surface area contributed by atoms with Gasteiger partial charge in [-0.15, -0.1) is 0 Å². The quantitative estimate of drug-likeness (QED) is 0.777. The highest BCUT2D eigenvalue weighted by Gasteiger charge is 2.10. The Bertz CT molecular complexity index is 824. The summed E-state index contributed by atoms with van der Waals surface area (Å²) in [6.45, 7) is 0. The SMILES string of the molecule is O=C(O)Cc1ccc(-c2cccc(F)c2)c2ccccc12. The van der Waals surface area contributed by atoms with Crippen LogP contribution in [0.15, 0.2) is 60.7 Å². The van der Waals surface area contributed by atoms with Crippen molar-refractivity contribution in [1.82, 2.24) is 0 Å². The van der Waals surface area contributed by atoms with Crippen molar-refractivity contribution in [2.24, 2.45) is 0 Å². The summed E-state index contributed by atoms with van der Waals surface area (Å²) in [5.41, 5.74) is 2.45. The first-order chi connectivity index (χ1) is 10.1. The van der Waals surface area contributed by atoms with E-state index >= 15 is 0 Å². The first-order valence-corrected chi connectivity index (χ1v) is 6.63. The average Bonchev–Trinajstić information content (AvgIpc) is 2.47. The minimum Gasteiger partial charge on any atom is -0.481 e. The summed E-state index contributed by atoms with van der Waals surface area (Å²) in [6, 6.07) is 17.7. The van der Waals surface area contributed by atoms with Gasteiger partial charge >= 0.3 is 5.97 Å². The van der Waals surface area contributed by atoms with Crippen LogP contribution in [-0.4, -0.2) is 11.1 Å². The molecule has 3 heteroatoms. The zero-order valence-corrected chi connectivity index (χ0v) is 11.2. The van der Waals surface area contributed by atoms with Gasteiger partial charge in [-0.3, -0.25) is 4.79 Å². The van der Waals surface area contributed by atoms with Gasteiger partial charge in [0.2, 0.25) is 0 Å². The van der Waals surface area contributed by atoms with Crippen molar-refractivity contribution in [3.8, 4) is 11.1 Å². The highest BCUT2D eigenvalue weighted by molar-refractivity contribution is 5.99. The highest BCUT2D eigenvalue weighted by Crippen LogP contribution is 2.31. The maximum Gasteiger partial charge on any atom is 0.307 e. The number of halogens is 1. The fourth-order valence-electron chi connectivity index (χ4n) is 2.59. The third-order valence-electron chi connectivity index (χ3n) is 3.49. The fourth-order valence-corrected chi connectivity index (χ4v) is 2.59. The van der Waals surface area contributed by atoms with Gasteiger partial charge in [-0.2, -0.15) is 0 Å². The molecule has 3 aromatic rings. The molecule has 21 heavy (non-hydrogen) atoms. The van der Waals surface area contributed by atoms with Crippen molar-refractivity contribution in [3.05, 3.63) is 72.0 Å². The molecule has 0 saturated heterocycles. The maximum atomic E-state index is 13.4. The summed E-state index contributed by atoms with van der Waals surface area (Å²) in [7, 11) is 0. The standard InChI is InChI=1S/C18H13FO2/c19-14-5-3-4-12(10-14)16-9-8-13(11-18(20)21)15-6-1-2-7-17(15)16/h1-10H,11H2,(H,20,21). The van der Waals surface area contributed by atoms with Crippen LogP contribution in [0.2, 0.25) is 0 Å². The van der Waals surface area contributed by atoms with Gasteiger partial charge in [0.1, 0.15) is 5.82 Å². The Labute approximate surface area is 121 Å². The van der Waals surface area contributed by atoms with Crippen LogP contribution in [-0.2, 0) is 11.2 Å². The molecular weight excluding hydrogens is 267 g/mol. The third-order valence-corrected chi connectivity index (χ3v) is 3.49. The van der Waals surface area contributed by atoms with Crippen LogP contribution in [0, 0.1) is 5.82 Å². The molecule has 0 saturated carbocycles. The number of hydrogen-bond acceptors (Lipinski definition) is 1. The van der Waals surface area contributed by atoms with Crippen molar-refractivity contribution in [1.29, 1.82) is 0 Å². The normalized spacial score (nSPS) is 10.7. The molecule has 0 aliphatic rings. The molecule has 0 unspecified atom stereocenters. The summed E-state index contributed by atoms with van der Waals surface area (Å²) < 4.78 is 13.4. The topological polar surface area (TPSA) is 37.3 Å². The van der Waals surface area contributed by atoms with Gasteiger partial charge in [0.05, 0.1) is 6.42 Å². The first kappa shape index (κ1) is 13.3. The molecule has 0 atom stereocenters. The van der Waals surface area contributed by atoms with E-state index in [0.717, 1.165) is 27.5 Å². The summed E-state index contributed by atoms with van der Waals surface area (Å²) >= 11 is 0. The first-order valence-electron chi connectivity index (χ1n) is 6.63. The van der Waals surface area contributed by atoms with E-state index in [1.54, 1.807) is 12.1 Å². The van der Waals surface area contributed by atoms with E-state index in [1.165, 1.54) is 12.1 Å². The molecule has 0 fully saturated rings. The fraction of sp³-hybridized carbons (Fsp3) is 0.0556. The molecule has 0 radical (unpaired) electrons. The van der Waals surface area contributed by atoms with Gasteiger partial charge in [0.25, 0.3) is 0 Å². The molecule has 0 bridgehead atoms. The van der Waals surface area contributed by atoms with Gasteiger partial charge < -0.3 is 5.11 Å².